The Bertz CT molecular complexity index is 613. The summed E-state index contributed by atoms with van der Waals surface area (Å²) >= 11 is 0. The van der Waals surface area contributed by atoms with Crippen molar-refractivity contribution in [3.8, 4) is 11.1 Å². The number of aryl methyl sites for hydroxylation is 2. The SMILES string of the molecule is Cc1[nH]n(C)c(=O)c1-c1ccc(C(C)(C)O)cc1. The van der Waals surface area contributed by atoms with Crippen LogP contribution in [-0.2, 0) is 12.6 Å². The third-order valence-corrected chi connectivity index (χ3v) is 3.11. The maximum absolute atomic E-state index is 12.0. The zero-order valence-electron chi connectivity index (χ0n) is 11.1. The Kier molecular flexibility index (Phi) is 2.91. The molecule has 4 heteroatoms. The molecule has 0 atom stereocenters. The van der Waals surface area contributed by atoms with Gasteiger partial charge in [-0.25, -0.2) is 0 Å². The normalized spacial score (nSPS) is 11.8. The molecule has 0 bridgehead atoms. The predicted octanol–water partition coefficient (Wildman–Crippen LogP) is 1.92. The summed E-state index contributed by atoms with van der Waals surface area (Å²) in [5, 5.41) is 12.9. The molecule has 0 amide bonds. The topological polar surface area (TPSA) is 58.0 Å². The minimum absolute atomic E-state index is 0.0384. The summed E-state index contributed by atoms with van der Waals surface area (Å²) in [5.41, 5.74) is 2.32. The Hall–Kier alpha value is -1.81. The molecule has 1 heterocycles. The van der Waals surface area contributed by atoms with Crippen molar-refractivity contribution in [3.05, 3.63) is 45.9 Å². The molecular weight excluding hydrogens is 228 g/mol. The van der Waals surface area contributed by atoms with Gasteiger partial charge in [-0.3, -0.25) is 14.6 Å². The zero-order chi connectivity index (χ0) is 13.5. The molecule has 0 aliphatic heterocycles. The van der Waals surface area contributed by atoms with Crippen LogP contribution in [-0.4, -0.2) is 14.9 Å². The molecule has 0 aliphatic carbocycles. The van der Waals surface area contributed by atoms with Gasteiger partial charge in [0.2, 0.25) is 0 Å². The van der Waals surface area contributed by atoms with E-state index in [1.165, 1.54) is 4.68 Å². The van der Waals surface area contributed by atoms with E-state index in [-0.39, 0.29) is 5.56 Å². The van der Waals surface area contributed by atoms with E-state index in [9.17, 15) is 9.90 Å². The molecule has 2 N–H and O–H groups in total. The van der Waals surface area contributed by atoms with Crippen LogP contribution in [0.25, 0.3) is 11.1 Å². The third-order valence-electron chi connectivity index (χ3n) is 3.11. The lowest BCUT2D eigenvalue weighted by molar-refractivity contribution is 0.0786. The van der Waals surface area contributed by atoms with Gasteiger partial charge in [0.25, 0.3) is 5.56 Å². The van der Waals surface area contributed by atoms with Gasteiger partial charge in [-0.2, -0.15) is 0 Å². The van der Waals surface area contributed by atoms with Crippen molar-refractivity contribution < 1.29 is 5.11 Å². The quantitative estimate of drug-likeness (QED) is 0.850. The number of nitrogens with one attached hydrogen (secondary N) is 1. The Labute approximate surface area is 106 Å². The maximum Gasteiger partial charge on any atom is 0.274 e. The number of H-pyrrole nitrogens is 1. The highest BCUT2D eigenvalue weighted by Gasteiger charge is 2.17. The Morgan fingerprint density at radius 2 is 1.78 bits per heavy atom. The first-order valence-electron chi connectivity index (χ1n) is 5.89. The summed E-state index contributed by atoms with van der Waals surface area (Å²) in [6, 6.07) is 7.43. The first kappa shape index (κ1) is 12.6. The summed E-state index contributed by atoms with van der Waals surface area (Å²) in [6.45, 7) is 5.35. The fraction of sp³-hybridized carbons (Fsp3) is 0.357. The standard InChI is InChI=1S/C14H18N2O2/c1-9-12(13(17)16(4)15-9)10-5-7-11(8-6-10)14(2,3)18/h5-8,15,18H,1-4H3. The first-order chi connectivity index (χ1) is 8.30. The number of aromatic nitrogens is 2. The average molecular weight is 246 g/mol. The number of hydrogen-bond acceptors (Lipinski definition) is 2. The second-order valence-corrected chi connectivity index (χ2v) is 5.11. The molecule has 0 radical (unpaired) electrons. The lowest BCUT2D eigenvalue weighted by atomic mass is 9.96. The van der Waals surface area contributed by atoms with E-state index in [0.717, 1.165) is 16.8 Å². The average Bonchev–Trinajstić information content (AvgIpc) is 2.52. The molecule has 4 nitrogen and oxygen atoms in total. The second kappa shape index (κ2) is 4.14. The van der Waals surface area contributed by atoms with Gasteiger partial charge in [0.15, 0.2) is 0 Å². The largest absolute Gasteiger partial charge is 0.386 e. The number of hydrogen-bond donors (Lipinski definition) is 2. The molecule has 1 aromatic heterocycles. The van der Waals surface area contributed by atoms with Gasteiger partial charge in [0, 0.05) is 12.7 Å². The molecule has 2 aromatic rings. The van der Waals surface area contributed by atoms with Crippen molar-refractivity contribution in [2.24, 2.45) is 7.05 Å². The predicted molar refractivity (Wildman–Crippen MR) is 71.5 cm³/mol. The van der Waals surface area contributed by atoms with E-state index in [0.29, 0.717) is 5.56 Å². The molecular formula is C14H18N2O2. The summed E-state index contributed by atoms with van der Waals surface area (Å²) in [4.78, 5) is 12.0. The first-order valence-corrected chi connectivity index (χ1v) is 5.89. The van der Waals surface area contributed by atoms with Crippen LogP contribution in [0.4, 0.5) is 0 Å². The van der Waals surface area contributed by atoms with E-state index in [1.807, 2.05) is 31.2 Å². The summed E-state index contributed by atoms with van der Waals surface area (Å²) in [5.74, 6) is 0. The van der Waals surface area contributed by atoms with Crippen LogP contribution in [0.5, 0.6) is 0 Å². The second-order valence-electron chi connectivity index (χ2n) is 5.11. The van der Waals surface area contributed by atoms with Gasteiger partial charge in [-0.05, 0) is 31.9 Å². The van der Waals surface area contributed by atoms with Crippen LogP contribution in [0.1, 0.15) is 25.1 Å². The van der Waals surface area contributed by atoms with Gasteiger partial charge >= 0.3 is 0 Å². The van der Waals surface area contributed by atoms with Gasteiger partial charge in [-0.1, -0.05) is 24.3 Å². The van der Waals surface area contributed by atoms with Crippen molar-refractivity contribution >= 4 is 0 Å². The number of rotatable bonds is 2. The number of benzene rings is 1. The van der Waals surface area contributed by atoms with Crippen LogP contribution >= 0.6 is 0 Å². The number of aromatic amines is 1. The van der Waals surface area contributed by atoms with E-state index in [1.54, 1.807) is 20.9 Å². The summed E-state index contributed by atoms with van der Waals surface area (Å²) < 4.78 is 1.47. The Morgan fingerprint density at radius 1 is 1.22 bits per heavy atom. The van der Waals surface area contributed by atoms with Gasteiger partial charge in [0.1, 0.15) is 0 Å². The van der Waals surface area contributed by atoms with Crippen molar-refractivity contribution in [2.45, 2.75) is 26.4 Å². The molecule has 2 rings (SSSR count). The summed E-state index contributed by atoms with van der Waals surface area (Å²) in [7, 11) is 1.70. The highest BCUT2D eigenvalue weighted by Crippen LogP contribution is 2.24. The van der Waals surface area contributed by atoms with E-state index >= 15 is 0 Å². The van der Waals surface area contributed by atoms with Gasteiger partial charge < -0.3 is 5.11 Å². The number of aliphatic hydroxyl groups is 1. The minimum Gasteiger partial charge on any atom is -0.386 e. The van der Waals surface area contributed by atoms with Crippen LogP contribution in [0.3, 0.4) is 0 Å². The fourth-order valence-corrected chi connectivity index (χ4v) is 2.07. The third kappa shape index (κ3) is 2.11. The van der Waals surface area contributed by atoms with Crippen molar-refractivity contribution in [1.29, 1.82) is 0 Å². The Morgan fingerprint density at radius 3 is 2.17 bits per heavy atom. The fourth-order valence-electron chi connectivity index (χ4n) is 2.07. The van der Waals surface area contributed by atoms with Crippen LogP contribution in [0.2, 0.25) is 0 Å². The van der Waals surface area contributed by atoms with Crippen molar-refractivity contribution in [3.63, 3.8) is 0 Å². The minimum atomic E-state index is -0.864. The molecule has 0 unspecified atom stereocenters. The van der Waals surface area contributed by atoms with Gasteiger partial charge in [0.05, 0.1) is 11.2 Å². The monoisotopic (exact) mass is 246 g/mol. The van der Waals surface area contributed by atoms with Crippen molar-refractivity contribution in [2.75, 3.05) is 0 Å². The molecule has 96 valence electrons. The Balaban J connectivity index is 2.50. The molecule has 0 saturated heterocycles. The lowest BCUT2D eigenvalue weighted by Crippen LogP contribution is -2.15. The highest BCUT2D eigenvalue weighted by atomic mass is 16.3. The van der Waals surface area contributed by atoms with Gasteiger partial charge in [-0.15, -0.1) is 0 Å². The molecule has 1 aromatic carbocycles. The van der Waals surface area contributed by atoms with E-state index in [4.69, 9.17) is 0 Å². The maximum atomic E-state index is 12.0. The molecule has 18 heavy (non-hydrogen) atoms. The molecule has 0 saturated carbocycles. The highest BCUT2D eigenvalue weighted by molar-refractivity contribution is 5.65. The number of nitrogens with zero attached hydrogens (tertiary/aromatic N) is 1. The van der Waals surface area contributed by atoms with Crippen LogP contribution in [0, 0.1) is 6.92 Å². The van der Waals surface area contributed by atoms with Crippen LogP contribution in [0.15, 0.2) is 29.1 Å². The van der Waals surface area contributed by atoms with E-state index < -0.39 is 5.60 Å². The van der Waals surface area contributed by atoms with E-state index in [2.05, 4.69) is 5.10 Å². The molecule has 0 spiro atoms. The smallest absolute Gasteiger partial charge is 0.274 e. The van der Waals surface area contributed by atoms with Crippen molar-refractivity contribution in [1.82, 2.24) is 9.78 Å². The summed E-state index contributed by atoms with van der Waals surface area (Å²) in [6.07, 6.45) is 0. The molecule has 0 fully saturated rings. The lowest BCUT2D eigenvalue weighted by Gasteiger charge is -2.17. The zero-order valence-corrected chi connectivity index (χ0v) is 11.1. The van der Waals surface area contributed by atoms with Crippen LogP contribution < -0.4 is 5.56 Å². The molecule has 0 aliphatic rings.